The molecule has 0 bridgehead atoms. The van der Waals surface area contributed by atoms with E-state index in [4.69, 9.17) is 4.74 Å². The van der Waals surface area contributed by atoms with Crippen molar-refractivity contribution in [2.75, 3.05) is 19.7 Å². The van der Waals surface area contributed by atoms with Gasteiger partial charge >= 0.3 is 0 Å². The molecule has 1 aromatic rings. The van der Waals surface area contributed by atoms with Crippen LogP contribution in [0.5, 0.6) is 0 Å². The zero-order valence-corrected chi connectivity index (χ0v) is 12.9. The second-order valence-electron chi connectivity index (χ2n) is 6.88. The van der Waals surface area contributed by atoms with Gasteiger partial charge in [0, 0.05) is 18.6 Å². The third kappa shape index (κ3) is 2.25. The van der Waals surface area contributed by atoms with Gasteiger partial charge in [0.15, 0.2) is 0 Å². The van der Waals surface area contributed by atoms with Gasteiger partial charge in [-0.2, -0.15) is 0 Å². The van der Waals surface area contributed by atoms with Gasteiger partial charge in [-0.05, 0) is 44.3 Å². The Balaban J connectivity index is 1.54. The van der Waals surface area contributed by atoms with E-state index in [-0.39, 0.29) is 11.3 Å². The predicted molar refractivity (Wildman–Crippen MR) is 84.6 cm³/mol. The molecule has 1 amide bonds. The van der Waals surface area contributed by atoms with Gasteiger partial charge in [-0.3, -0.25) is 4.79 Å². The summed E-state index contributed by atoms with van der Waals surface area (Å²) >= 11 is 0. The third-order valence-electron chi connectivity index (χ3n) is 5.80. The summed E-state index contributed by atoms with van der Waals surface area (Å²) in [4.78, 5) is 13.1. The van der Waals surface area contributed by atoms with Crippen LogP contribution in [0.1, 0.15) is 31.2 Å². The van der Waals surface area contributed by atoms with Crippen molar-refractivity contribution in [3.63, 3.8) is 0 Å². The lowest BCUT2D eigenvalue weighted by molar-refractivity contribution is -0.131. The minimum absolute atomic E-state index is 0.218. The zero-order chi connectivity index (χ0) is 15.0. The molecule has 118 valence electrons. The normalized spacial score (nSPS) is 32.8. The van der Waals surface area contributed by atoms with Crippen molar-refractivity contribution in [3.05, 3.63) is 35.9 Å². The van der Waals surface area contributed by atoms with Crippen LogP contribution in [0.25, 0.3) is 0 Å². The van der Waals surface area contributed by atoms with E-state index < -0.39 is 0 Å². The lowest BCUT2D eigenvalue weighted by Gasteiger charge is -2.43. The van der Waals surface area contributed by atoms with Gasteiger partial charge in [0.05, 0.1) is 11.5 Å². The number of carbonyl (C=O) groups is 1. The number of piperidine rings is 1. The Morgan fingerprint density at radius 2 is 2.00 bits per heavy atom. The maximum atomic E-state index is 13.1. The highest BCUT2D eigenvalue weighted by molar-refractivity contribution is 5.88. The van der Waals surface area contributed by atoms with Crippen molar-refractivity contribution >= 4 is 5.91 Å². The van der Waals surface area contributed by atoms with Crippen molar-refractivity contribution in [2.24, 2.45) is 5.92 Å². The third-order valence-corrected chi connectivity index (χ3v) is 5.80. The molecule has 1 aromatic carbocycles. The first kappa shape index (κ1) is 14.2. The Bertz CT molecular complexity index is 539. The molecule has 1 aliphatic carbocycles. The molecule has 4 nitrogen and oxygen atoms in total. The molecule has 0 aromatic heterocycles. The Labute approximate surface area is 131 Å². The summed E-state index contributed by atoms with van der Waals surface area (Å²) in [6.45, 7) is 2.67. The van der Waals surface area contributed by atoms with Crippen LogP contribution >= 0.6 is 0 Å². The Hall–Kier alpha value is -1.39. The van der Waals surface area contributed by atoms with Crippen LogP contribution in [0, 0.1) is 5.92 Å². The summed E-state index contributed by atoms with van der Waals surface area (Å²) in [5, 5.41) is 6.73. The van der Waals surface area contributed by atoms with E-state index in [2.05, 4.69) is 22.8 Å². The Kier molecular flexibility index (Phi) is 3.66. The second kappa shape index (κ2) is 5.67. The first-order chi connectivity index (χ1) is 10.8. The molecule has 2 aliphatic heterocycles. The standard InChI is InChI=1S/C18H24N2O2/c21-17(20-15-12-16-14(15)6-11-22-16)18(7-9-19-10-8-18)13-4-2-1-3-5-13/h1-5,14-16,19H,6-12H2,(H,20,21)/t14-,15+,16+/m1/s1. The number of fused-ring (bicyclic) bond motifs is 1. The number of hydrogen-bond acceptors (Lipinski definition) is 3. The Morgan fingerprint density at radius 1 is 1.23 bits per heavy atom. The molecule has 4 heteroatoms. The molecule has 2 N–H and O–H groups in total. The summed E-state index contributed by atoms with van der Waals surface area (Å²) in [5.74, 6) is 0.758. The number of hydrogen-bond donors (Lipinski definition) is 2. The topological polar surface area (TPSA) is 50.4 Å². The van der Waals surface area contributed by atoms with Gasteiger partial charge in [0.1, 0.15) is 0 Å². The van der Waals surface area contributed by atoms with Gasteiger partial charge in [-0.1, -0.05) is 30.3 Å². The first-order valence-electron chi connectivity index (χ1n) is 8.48. The molecule has 0 radical (unpaired) electrons. The van der Waals surface area contributed by atoms with Gasteiger partial charge in [0.25, 0.3) is 0 Å². The molecule has 0 unspecified atom stereocenters. The largest absolute Gasteiger partial charge is 0.378 e. The highest BCUT2D eigenvalue weighted by Gasteiger charge is 2.49. The minimum Gasteiger partial charge on any atom is -0.378 e. The van der Waals surface area contributed by atoms with Crippen LogP contribution < -0.4 is 10.6 Å². The number of nitrogens with one attached hydrogen (secondary N) is 2. The summed E-state index contributed by atoms with van der Waals surface area (Å²) in [6, 6.07) is 10.6. The fraction of sp³-hybridized carbons (Fsp3) is 0.611. The summed E-state index contributed by atoms with van der Waals surface area (Å²) in [7, 11) is 0. The summed E-state index contributed by atoms with van der Waals surface area (Å²) in [5.41, 5.74) is 0.796. The molecule has 2 heterocycles. The number of ether oxygens (including phenoxy) is 1. The van der Waals surface area contributed by atoms with Crippen molar-refractivity contribution in [1.82, 2.24) is 10.6 Å². The zero-order valence-electron chi connectivity index (χ0n) is 12.9. The van der Waals surface area contributed by atoms with Crippen molar-refractivity contribution in [1.29, 1.82) is 0 Å². The van der Waals surface area contributed by atoms with Crippen LogP contribution in [0.15, 0.2) is 30.3 Å². The van der Waals surface area contributed by atoms with Crippen LogP contribution in [-0.4, -0.2) is 37.7 Å². The van der Waals surface area contributed by atoms with Gasteiger partial charge < -0.3 is 15.4 Å². The molecule has 4 rings (SSSR count). The van der Waals surface area contributed by atoms with E-state index in [9.17, 15) is 4.79 Å². The highest BCUT2D eigenvalue weighted by atomic mass is 16.5. The number of carbonyl (C=O) groups excluding carboxylic acids is 1. The minimum atomic E-state index is -0.364. The smallest absolute Gasteiger partial charge is 0.230 e. The van der Waals surface area contributed by atoms with E-state index in [0.717, 1.165) is 50.9 Å². The second-order valence-corrected chi connectivity index (χ2v) is 6.88. The molecule has 0 spiro atoms. The molecule has 2 saturated heterocycles. The molecular weight excluding hydrogens is 276 g/mol. The van der Waals surface area contributed by atoms with E-state index in [0.29, 0.717) is 18.1 Å². The molecule has 3 fully saturated rings. The van der Waals surface area contributed by atoms with E-state index in [1.165, 1.54) is 0 Å². The van der Waals surface area contributed by atoms with Crippen molar-refractivity contribution in [2.45, 2.75) is 43.2 Å². The first-order valence-corrected chi connectivity index (χ1v) is 8.48. The monoisotopic (exact) mass is 300 g/mol. The van der Waals surface area contributed by atoms with Crippen LogP contribution in [0.4, 0.5) is 0 Å². The maximum Gasteiger partial charge on any atom is 0.230 e. The summed E-state index contributed by atoms with van der Waals surface area (Å²) < 4.78 is 5.66. The van der Waals surface area contributed by atoms with Crippen LogP contribution in [0.3, 0.4) is 0 Å². The average Bonchev–Trinajstić information content (AvgIpc) is 2.95. The molecule has 1 saturated carbocycles. The number of rotatable bonds is 3. The summed E-state index contributed by atoms with van der Waals surface area (Å²) in [6.07, 6.45) is 4.22. The maximum absolute atomic E-state index is 13.1. The van der Waals surface area contributed by atoms with Crippen molar-refractivity contribution < 1.29 is 9.53 Å². The molecule has 22 heavy (non-hydrogen) atoms. The van der Waals surface area contributed by atoms with Gasteiger partial charge in [0.2, 0.25) is 5.91 Å². The predicted octanol–water partition coefficient (Wildman–Crippen LogP) is 1.60. The molecule has 3 atom stereocenters. The number of amides is 1. The lowest BCUT2D eigenvalue weighted by atomic mass is 9.70. The van der Waals surface area contributed by atoms with E-state index in [1.807, 2.05) is 18.2 Å². The van der Waals surface area contributed by atoms with Gasteiger partial charge in [-0.25, -0.2) is 0 Å². The van der Waals surface area contributed by atoms with Crippen molar-refractivity contribution in [3.8, 4) is 0 Å². The lowest BCUT2D eigenvalue weighted by Crippen LogP contribution is -2.59. The molecular formula is C18H24N2O2. The van der Waals surface area contributed by atoms with Crippen LogP contribution in [-0.2, 0) is 14.9 Å². The SMILES string of the molecule is O=C(N[C@H]1C[C@@H]2OCC[C@H]12)C1(c2ccccc2)CCNCC1. The fourth-order valence-corrected chi connectivity index (χ4v) is 4.33. The molecule has 3 aliphatic rings. The Morgan fingerprint density at radius 3 is 2.73 bits per heavy atom. The van der Waals surface area contributed by atoms with Gasteiger partial charge in [-0.15, -0.1) is 0 Å². The fourth-order valence-electron chi connectivity index (χ4n) is 4.33. The number of benzene rings is 1. The van der Waals surface area contributed by atoms with E-state index >= 15 is 0 Å². The average molecular weight is 300 g/mol. The highest BCUT2D eigenvalue weighted by Crippen LogP contribution is 2.40. The van der Waals surface area contributed by atoms with E-state index in [1.54, 1.807) is 0 Å². The van der Waals surface area contributed by atoms with Crippen LogP contribution in [0.2, 0.25) is 0 Å². The quantitative estimate of drug-likeness (QED) is 0.891.